The number of ether oxygens (including phenoxy) is 1. The second kappa shape index (κ2) is 5.27. The molecule has 2 aromatic rings. The van der Waals surface area contributed by atoms with Gasteiger partial charge in [0, 0.05) is 5.75 Å². The zero-order valence-corrected chi connectivity index (χ0v) is 10.6. The van der Waals surface area contributed by atoms with E-state index in [0.29, 0.717) is 0 Å². The number of thioether (sulfide) groups is 1. The molecule has 0 bridgehead atoms. The summed E-state index contributed by atoms with van der Waals surface area (Å²) in [5.41, 5.74) is 2.15. The van der Waals surface area contributed by atoms with Gasteiger partial charge in [0.15, 0.2) is 0 Å². The van der Waals surface area contributed by atoms with Crippen LogP contribution < -0.4 is 0 Å². The molecule has 18 heavy (non-hydrogen) atoms. The average molecular weight is 255 g/mol. The molecule has 3 heteroatoms. The Morgan fingerprint density at radius 3 is 2.33 bits per heavy atom. The zero-order chi connectivity index (χ0) is 12.2. The molecule has 1 fully saturated rings. The van der Waals surface area contributed by atoms with Crippen LogP contribution in [-0.4, -0.2) is 11.0 Å². The lowest BCUT2D eigenvalue weighted by molar-refractivity contribution is 0.236. The second-order valence-electron chi connectivity index (χ2n) is 4.04. The molecular formula is C15H13NOS. The topological polar surface area (TPSA) is 21.6 Å². The summed E-state index contributed by atoms with van der Waals surface area (Å²) in [4.78, 5) is 4.49. The molecule has 2 aromatic carbocycles. The molecule has 1 atom stereocenters. The molecule has 1 unspecified atom stereocenters. The van der Waals surface area contributed by atoms with Gasteiger partial charge in [0.25, 0.3) is 5.23 Å². The second-order valence-corrected chi connectivity index (χ2v) is 5.01. The van der Waals surface area contributed by atoms with Crippen LogP contribution in [0.2, 0.25) is 0 Å². The van der Waals surface area contributed by atoms with Crippen molar-refractivity contribution in [3.63, 3.8) is 0 Å². The molecule has 0 radical (unpaired) electrons. The maximum Gasteiger partial charge on any atom is 0.251 e. The molecule has 2 nitrogen and oxygen atoms in total. The number of para-hydroxylation sites is 1. The Bertz CT molecular complexity index is 539. The highest BCUT2D eigenvalue weighted by molar-refractivity contribution is 8.13. The fraction of sp³-hybridized carbons (Fsp3) is 0.133. The number of rotatable bonds is 2. The van der Waals surface area contributed by atoms with Crippen molar-refractivity contribution in [3.8, 4) is 0 Å². The van der Waals surface area contributed by atoms with Crippen LogP contribution in [0.4, 0.5) is 5.69 Å². The average Bonchev–Trinajstić information content (AvgIpc) is 2.89. The number of nitrogens with zero attached hydrogens (tertiary/aromatic N) is 1. The van der Waals surface area contributed by atoms with Crippen LogP contribution in [0.3, 0.4) is 0 Å². The van der Waals surface area contributed by atoms with Gasteiger partial charge >= 0.3 is 0 Å². The van der Waals surface area contributed by atoms with Crippen molar-refractivity contribution in [1.29, 1.82) is 0 Å². The van der Waals surface area contributed by atoms with Crippen molar-refractivity contribution in [2.45, 2.75) is 6.10 Å². The highest BCUT2D eigenvalue weighted by Crippen LogP contribution is 2.33. The number of benzene rings is 2. The Kier molecular flexibility index (Phi) is 3.33. The quantitative estimate of drug-likeness (QED) is 0.803. The molecule has 1 heterocycles. The molecular weight excluding hydrogens is 242 g/mol. The van der Waals surface area contributed by atoms with E-state index in [1.807, 2.05) is 48.5 Å². The van der Waals surface area contributed by atoms with E-state index in [0.717, 1.165) is 16.7 Å². The van der Waals surface area contributed by atoms with Gasteiger partial charge < -0.3 is 4.74 Å². The molecule has 1 aliphatic heterocycles. The lowest BCUT2D eigenvalue weighted by Crippen LogP contribution is -2.00. The molecule has 3 rings (SSSR count). The third kappa shape index (κ3) is 2.57. The molecule has 0 amide bonds. The van der Waals surface area contributed by atoms with Crippen LogP contribution in [0.25, 0.3) is 0 Å². The predicted octanol–water partition coefficient (Wildman–Crippen LogP) is 4.18. The standard InChI is InChI=1S/C15H13NOS/c1-3-7-12(8-4-1)14-11-18-15(17-14)16-13-9-5-2-6-10-13/h1-10,14H,11H2. The minimum Gasteiger partial charge on any atom is -0.464 e. The smallest absolute Gasteiger partial charge is 0.251 e. The monoisotopic (exact) mass is 255 g/mol. The molecule has 1 aliphatic rings. The Balaban J connectivity index is 1.74. The third-order valence-electron chi connectivity index (χ3n) is 2.75. The van der Waals surface area contributed by atoms with E-state index < -0.39 is 0 Å². The van der Waals surface area contributed by atoms with Crippen LogP contribution in [-0.2, 0) is 4.74 Å². The fourth-order valence-corrected chi connectivity index (χ4v) is 2.74. The number of aliphatic imine (C=N–C) groups is 1. The van der Waals surface area contributed by atoms with Gasteiger partial charge in [-0.05, 0) is 17.7 Å². The van der Waals surface area contributed by atoms with E-state index in [-0.39, 0.29) is 6.10 Å². The van der Waals surface area contributed by atoms with Crippen LogP contribution in [0.1, 0.15) is 11.7 Å². The van der Waals surface area contributed by atoms with E-state index in [1.165, 1.54) is 5.56 Å². The van der Waals surface area contributed by atoms with Crippen molar-refractivity contribution >= 4 is 22.7 Å². The highest BCUT2D eigenvalue weighted by atomic mass is 32.2. The normalized spacial score (nSPS) is 20.9. The summed E-state index contributed by atoms with van der Waals surface area (Å²) in [6, 6.07) is 20.2. The van der Waals surface area contributed by atoms with E-state index in [1.54, 1.807) is 11.8 Å². The minimum atomic E-state index is 0.124. The van der Waals surface area contributed by atoms with Crippen molar-refractivity contribution in [2.75, 3.05) is 5.75 Å². The summed E-state index contributed by atoms with van der Waals surface area (Å²) in [6.07, 6.45) is 0.124. The highest BCUT2D eigenvalue weighted by Gasteiger charge is 2.24. The SMILES string of the molecule is c1ccc(N=C2OC(c3ccccc3)CS2)cc1. The van der Waals surface area contributed by atoms with Crippen molar-refractivity contribution in [3.05, 3.63) is 66.2 Å². The Morgan fingerprint density at radius 1 is 0.944 bits per heavy atom. The molecule has 0 saturated carbocycles. The molecule has 90 valence electrons. The molecule has 0 N–H and O–H groups in total. The van der Waals surface area contributed by atoms with Crippen molar-refractivity contribution < 1.29 is 4.74 Å². The Morgan fingerprint density at radius 2 is 1.61 bits per heavy atom. The predicted molar refractivity (Wildman–Crippen MR) is 76.3 cm³/mol. The maximum atomic E-state index is 5.86. The summed E-state index contributed by atoms with van der Waals surface area (Å²) in [7, 11) is 0. The van der Waals surface area contributed by atoms with E-state index in [9.17, 15) is 0 Å². The number of hydrogen-bond donors (Lipinski definition) is 0. The van der Waals surface area contributed by atoms with Gasteiger partial charge in [-0.3, -0.25) is 0 Å². The van der Waals surface area contributed by atoms with Gasteiger partial charge in [0.05, 0.1) is 5.69 Å². The summed E-state index contributed by atoms with van der Waals surface area (Å²) in [5.74, 6) is 0.926. The van der Waals surface area contributed by atoms with Crippen LogP contribution in [0, 0.1) is 0 Å². The minimum absolute atomic E-state index is 0.124. The van der Waals surface area contributed by atoms with Gasteiger partial charge in [-0.2, -0.15) is 0 Å². The van der Waals surface area contributed by atoms with Crippen molar-refractivity contribution in [1.82, 2.24) is 0 Å². The van der Waals surface area contributed by atoms with Crippen LogP contribution in [0.5, 0.6) is 0 Å². The van der Waals surface area contributed by atoms with Gasteiger partial charge in [-0.15, -0.1) is 0 Å². The Hall–Kier alpha value is -1.74. The van der Waals surface area contributed by atoms with Gasteiger partial charge in [0.2, 0.25) is 0 Å². The summed E-state index contributed by atoms with van der Waals surface area (Å²) >= 11 is 1.67. The fourth-order valence-electron chi connectivity index (χ4n) is 1.84. The molecule has 0 aliphatic carbocycles. The molecule has 1 saturated heterocycles. The van der Waals surface area contributed by atoms with Crippen LogP contribution in [0.15, 0.2) is 65.7 Å². The molecule has 0 spiro atoms. The first-order valence-electron chi connectivity index (χ1n) is 5.90. The van der Waals surface area contributed by atoms with Gasteiger partial charge in [-0.1, -0.05) is 60.3 Å². The zero-order valence-electron chi connectivity index (χ0n) is 9.82. The van der Waals surface area contributed by atoms with Crippen molar-refractivity contribution in [2.24, 2.45) is 4.99 Å². The van der Waals surface area contributed by atoms with E-state index in [2.05, 4.69) is 17.1 Å². The first-order chi connectivity index (χ1) is 8.92. The van der Waals surface area contributed by atoms with Crippen LogP contribution >= 0.6 is 11.8 Å². The first-order valence-corrected chi connectivity index (χ1v) is 6.88. The van der Waals surface area contributed by atoms with Gasteiger partial charge in [-0.25, -0.2) is 4.99 Å². The van der Waals surface area contributed by atoms with E-state index in [4.69, 9.17) is 4.74 Å². The lowest BCUT2D eigenvalue weighted by atomic mass is 10.1. The van der Waals surface area contributed by atoms with E-state index >= 15 is 0 Å². The summed E-state index contributed by atoms with van der Waals surface area (Å²) in [5, 5.41) is 0.759. The third-order valence-corrected chi connectivity index (χ3v) is 3.65. The van der Waals surface area contributed by atoms with Gasteiger partial charge in [0.1, 0.15) is 6.10 Å². The summed E-state index contributed by atoms with van der Waals surface area (Å²) in [6.45, 7) is 0. The largest absolute Gasteiger partial charge is 0.464 e. The lowest BCUT2D eigenvalue weighted by Gasteiger charge is -2.08. The first kappa shape index (κ1) is 11.4. The molecule has 0 aromatic heterocycles. The Labute approximate surface area is 111 Å². The maximum absolute atomic E-state index is 5.86. The summed E-state index contributed by atoms with van der Waals surface area (Å²) < 4.78 is 5.86. The number of hydrogen-bond acceptors (Lipinski definition) is 3.